The minimum Gasteiger partial charge on any atom is -0.469 e. The van der Waals surface area contributed by atoms with E-state index >= 15 is 0 Å². The van der Waals surface area contributed by atoms with E-state index in [9.17, 15) is 19.6 Å². The van der Waals surface area contributed by atoms with E-state index in [-0.39, 0.29) is 19.3 Å². The Morgan fingerprint density at radius 2 is 1.00 bits per heavy atom. The number of ether oxygens (including phenoxy) is 3. The van der Waals surface area contributed by atoms with Gasteiger partial charge in [0.1, 0.15) is 0 Å². The summed E-state index contributed by atoms with van der Waals surface area (Å²) in [5.41, 5.74) is -4.00. The van der Waals surface area contributed by atoms with Crippen molar-refractivity contribution in [2.24, 2.45) is 21.7 Å². The molecule has 24 heavy (non-hydrogen) atoms. The van der Waals surface area contributed by atoms with Crippen LogP contribution in [-0.2, 0) is 28.6 Å². The van der Waals surface area contributed by atoms with Gasteiger partial charge in [0.2, 0.25) is 0 Å². The lowest BCUT2D eigenvalue weighted by molar-refractivity contribution is -0.221. The zero-order valence-electron chi connectivity index (χ0n) is 14.1. The Kier molecular flexibility index (Phi) is 3.45. The number of carbonyl (C=O) groups excluding carboxylic acids is 3. The SMILES string of the molecule is COC(=O)C12CC3(C#N)CC(C(=O)OC)(C1)CC(C(=O)OC)(C3)C2. The van der Waals surface area contributed by atoms with Gasteiger partial charge in [-0.05, 0) is 38.5 Å². The van der Waals surface area contributed by atoms with E-state index in [1.54, 1.807) is 0 Å². The molecule has 4 aliphatic carbocycles. The van der Waals surface area contributed by atoms with Crippen molar-refractivity contribution in [3.05, 3.63) is 0 Å². The number of nitriles is 1. The van der Waals surface area contributed by atoms with Gasteiger partial charge in [-0.15, -0.1) is 0 Å². The molecule has 7 heteroatoms. The second-order valence-electron chi connectivity index (χ2n) is 7.77. The molecule has 4 rings (SSSR count). The zero-order valence-corrected chi connectivity index (χ0v) is 14.1. The normalized spacial score (nSPS) is 42.1. The first-order chi connectivity index (χ1) is 11.2. The van der Waals surface area contributed by atoms with E-state index in [0.717, 1.165) is 0 Å². The van der Waals surface area contributed by atoms with Crippen LogP contribution < -0.4 is 0 Å². The Morgan fingerprint density at radius 1 is 0.708 bits per heavy atom. The summed E-state index contributed by atoms with van der Waals surface area (Å²) < 4.78 is 15.0. The fourth-order valence-electron chi connectivity index (χ4n) is 6.05. The highest BCUT2D eigenvalue weighted by Crippen LogP contribution is 2.74. The standard InChI is InChI=1S/C17H21NO6/c1-22-11(19)15-4-14(10-18)5-16(7-15,12(20)23-2)9-17(6-14,8-15)13(21)24-3/h4-9H2,1-3H3. The molecule has 0 spiro atoms. The topological polar surface area (TPSA) is 103 Å². The third-order valence-electron chi connectivity index (χ3n) is 6.15. The van der Waals surface area contributed by atoms with Crippen molar-refractivity contribution in [2.45, 2.75) is 38.5 Å². The fraction of sp³-hybridized carbons (Fsp3) is 0.765. The number of hydrogen-bond acceptors (Lipinski definition) is 7. The summed E-state index contributed by atoms with van der Waals surface area (Å²) in [7, 11) is 3.86. The van der Waals surface area contributed by atoms with Crippen LogP contribution in [0.4, 0.5) is 0 Å². The third kappa shape index (κ3) is 1.92. The highest BCUT2D eigenvalue weighted by atomic mass is 16.5. The van der Waals surface area contributed by atoms with Gasteiger partial charge in [-0.3, -0.25) is 14.4 Å². The average Bonchev–Trinajstić information content (AvgIpc) is 2.58. The molecule has 130 valence electrons. The van der Waals surface area contributed by atoms with Crippen LogP contribution in [0, 0.1) is 33.0 Å². The van der Waals surface area contributed by atoms with Crippen LogP contribution in [0.5, 0.6) is 0 Å². The lowest BCUT2D eigenvalue weighted by atomic mass is 9.35. The largest absolute Gasteiger partial charge is 0.469 e. The molecule has 0 heterocycles. The van der Waals surface area contributed by atoms with Gasteiger partial charge in [0, 0.05) is 0 Å². The van der Waals surface area contributed by atoms with Crippen LogP contribution in [0.25, 0.3) is 0 Å². The predicted molar refractivity (Wildman–Crippen MR) is 79.1 cm³/mol. The zero-order chi connectivity index (χ0) is 17.8. The van der Waals surface area contributed by atoms with Gasteiger partial charge in [-0.1, -0.05) is 0 Å². The minimum absolute atomic E-state index is 0.252. The van der Waals surface area contributed by atoms with E-state index in [4.69, 9.17) is 14.2 Å². The summed E-state index contributed by atoms with van der Waals surface area (Å²) in [5, 5.41) is 9.83. The highest BCUT2D eigenvalue weighted by Gasteiger charge is 2.75. The molecule has 0 aromatic rings. The van der Waals surface area contributed by atoms with Crippen molar-refractivity contribution in [1.29, 1.82) is 5.26 Å². The van der Waals surface area contributed by atoms with Gasteiger partial charge in [-0.2, -0.15) is 5.26 Å². The van der Waals surface area contributed by atoms with E-state index in [1.165, 1.54) is 21.3 Å². The number of hydrogen-bond donors (Lipinski definition) is 0. The number of carbonyl (C=O) groups is 3. The lowest BCUT2D eigenvalue weighted by Gasteiger charge is -2.65. The molecule has 0 aliphatic heterocycles. The van der Waals surface area contributed by atoms with E-state index < -0.39 is 39.6 Å². The summed E-state index contributed by atoms with van der Waals surface area (Å²) in [6, 6.07) is 2.30. The van der Waals surface area contributed by atoms with Gasteiger partial charge < -0.3 is 14.2 Å². The van der Waals surface area contributed by atoms with Crippen LogP contribution in [0.2, 0.25) is 0 Å². The first kappa shape index (κ1) is 16.7. The van der Waals surface area contributed by atoms with E-state index in [0.29, 0.717) is 19.3 Å². The van der Waals surface area contributed by atoms with Crippen molar-refractivity contribution in [1.82, 2.24) is 0 Å². The third-order valence-corrected chi connectivity index (χ3v) is 6.15. The molecular weight excluding hydrogens is 314 g/mol. The van der Waals surface area contributed by atoms with Crippen LogP contribution >= 0.6 is 0 Å². The first-order valence-corrected chi connectivity index (χ1v) is 7.92. The number of methoxy groups -OCH3 is 3. The number of esters is 3. The quantitative estimate of drug-likeness (QED) is 0.566. The predicted octanol–water partition coefficient (Wildman–Crippen LogP) is 1.36. The molecule has 0 amide bonds. The van der Waals surface area contributed by atoms with Crippen molar-refractivity contribution in [3.63, 3.8) is 0 Å². The molecular formula is C17H21NO6. The van der Waals surface area contributed by atoms with Gasteiger partial charge in [0.05, 0.1) is 49.1 Å². The monoisotopic (exact) mass is 335 g/mol. The Morgan fingerprint density at radius 3 is 1.21 bits per heavy atom. The van der Waals surface area contributed by atoms with Gasteiger partial charge in [-0.25, -0.2) is 0 Å². The Hall–Kier alpha value is -2.10. The Bertz CT molecular complexity index is 576. The average molecular weight is 335 g/mol. The maximum atomic E-state index is 12.6. The number of nitrogens with zero attached hydrogens (tertiary/aromatic N) is 1. The lowest BCUT2D eigenvalue weighted by Crippen LogP contribution is -2.67. The second kappa shape index (κ2) is 4.95. The molecule has 0 atom stereocenters. The molecule has 0 aromatic carbocycles. The van der Waals surface area contributed by atoms with Gasteiger partial charge in [0.25, 0.3) is 0 Å². The number of rotatable bonds is 3. The molecule has 0 N–H and O–H groups in total. The fourth-order valence-corrected chi connectivity index (χ4v) is 6.05. The van der Waals surface area contributed by atoms with E-state index in [2.05, 4.69) is 6.07 Å². The minimum atomic E-state index is -1.03. The molecule has 4 saturated carbocycles. The van der Waals surface area contributed by atoms with Gasteiger partial charge in [0.15, 0.2) is 0 Å². The van der Waals surface area contributed by atoms with Crippen molar-refractivity contribution < 1.29 is 28.6 Å². The highest BCUT2D eigenvalue weighted by molar-refractivity contribution is 5.88. The molecule has 4 bridgehead atoms. The van der Waals surface area contributed by atoms with Crippen LogP contribution in [0.15, 0.2) is 0 Å². The smallest absolute Gasteiger partial charge is 0.311 e. The molecule has 7 nitrogen and oxygen atoms in total. The molecule has 4 fully saturated rings. The first-order valence-electron chi connectivity index (χ1n) is 7.92. The summed E-state index contributed by atoms with van der Waals surface area (Å²) in [6.45, 7) is 0. The van der Waals surface area contributed by atoms with Crippen LogP contribution in [0.3, 0.4) is 0 Å². The molecule has 4 aliphatic rings. The van der Waals surface area contributed by atoms with Crippen molar-refractivity contribution >= 4 is 17.9 Å². The van der Waals surface area contributed by atoms with Gasteiger partial charge >= 0.3 is 17.9 Å². The van der Waals surface area contributed by atoms with Crippen LogP contribution in [0.1, 0.15) is 38.5 Å². The molecule has 0 aromatic heterocycles. The molecule has 0 saturated heterocycles. The Balaban J connectivity index is 2.21. The second-order valence-corrected chi connectivity index (χ2v) is 7.77. The maximum Gasteiger partial charge on any atom is 0.311 e. The van der Waals surface area contributed by atoms with Crippen molar-refractivity contribution in [2.75, 3.05) is 21.3 Å². The summed E-state index contributed by atoms with van der Waals surface area (Å²) in [5.74, 6) is -1.41. The van der Waals surface area contributed by atoms with Crippen LogP contribution in [-0.4, -0.2) is 39.2 Å². The summed E-state index contributed by atoms with van der Waals surface area (Å²) >= 11 is 0. The van der Waals surface area contributed by atoms with Crippen molar-refractivity contribution in [3.8, 4) is 6.07 Å². The summed E-state index contributed by atoms with van der Waals surface area (Å²) in [4.78, 5) is 37.8. The molecule has 0 unspecified atom stereocenters. The maximum absolute atomic E-state index is 12.6. The van der Waals surface area contributed by atoms with E-state index in [1.807, 2.05) is 0 Å². The summed E-state index contributed by atoms with van der Waals surface area (Å²) in [6.07, 6.45) is 1.67. The Labute approximate surface area is 140 Å². The molecule has 0 radical (unpaired) electrons.